The van der Waals surface area contributed by atoms with Gasteiger partial charge in [0, 0.05) is 12.5 Å². The molecular formula is C7H14O3. The average molecular weight is 146 g/mol. The van der Waals surface area contributed by atoms with E-state index in [1.807, 2.05) is 6.92 Å². The van der Waals surface area contributed by atoms with Crippen molar-refractivity contribution in [3.8, 4) is 0 Å². The van der Waals surface area contributed by atoms with Crippen LogP contribution in [-0.2, 0) is 4.74 Å². The second-order valence-corrected chi connectivity index (χ2v) is 2.78. The van der Waals surface area contributed by atoms with Crippen molar-refractivity contribution in [1.82, 2.24) is 0 Å². The van der Waals surface area contributed by atoms with Crippen LogP contribution in [0.3, 0.4) is 0 Å². The highest BCUT2D eigenvalue weighted by Crippen LogP contribution is 2.23. The number of hydrogen-bond donors (Lipinski definition) is 2. The van der Waals surface area contributed by atoms with E-state index in [1.54, 1.807) is 0 Å². The Balaban J connectivity index is 2.38. The molecule has 0 bridgehead atoms. The zero-order chi connectivity index (χ0) is 7.56. The van der Waals surface area contributed by atoms with Gasteiger partial charge < -0.3 is 14.9 Å². The van der Waals surface area contributed by atoms with Gasteiger partial charge in [-0.1, -0.05) is 0 Å². The van der Waals surface area contributed by atoms with Gasteiger partial charge in [-0.25, -0.2) is 0 Å². The Morgan fingerprint density at radius 3 is 2.70 bits per heavy atom. The molecule has 1 unspecified atom stereocenters. The molecule has 1 aliphatic heterocycles. The maximum Gasteiger partial charge on any atom is 0.0827 e. The van der Waals surface area contributed by atoms with Gasteiger partial charge in [-0.3, -0.25) is 0 Å². The van der Waals surface area contributed by atoms with Gasteiger partial charge in [-0.2, -0.15) is 0 Å². The second-order valence-electron chi connectivity index (χ2n) is 2.78. The van der Waals surface area contributed by atoms with E-state index in [4.69, 9.17) is 9.84 Å². The fraction of sp³-hybridized carbons (Fsp3) is 1.00. The van der Waals surface area contributed by atoms with Crippen LogP contribution >= 0.6 is 0 Å². The molecular weight excluding hydrogens is 132 g/mol. The van der Waals surface area contributed by atoms with Crippen LogP contribution < -0.4 is 0 Å². The van der Waals surface area contributed by atoms with Crippen LogP contribution in [0.5, 0.6) is 0 Å². The lowest BCUT2D eigenvalue weighted by atomic mass is 9.97. The first-order chi connectivity index (χ1) is 4.75. The lowest BCUT2D eigenvalue weighted by Crippen LogP contribution is -2.22. The average Bonchev–Trinajstić information content (AvgIpc) is 2.20. The van der Waals surface area contributed by atoms with E-state index in [2.05, 4.69) is 0 Å². The van der Waals surface area contributed by atoms with Crippen molar-refractivity contribution >= 4 is 0 Å². The fourth-order valence-corrected chi connectivity index (χ4v) is 1.39. The van der Waals surface area contributed by atoms with Crippen molar-refractivity contribution in [2.75, 3.05) is 13.2 Å². The molecule has 0 aliphatic carbocycles. The molecule has 1 aliphatic rings. The Morgan fingerprint density at radius 2 is 2.30 bits per heavy atom. The highest BCUT2D eigenvalue weighted by Gasteiger charge is 2.31. The third kappa shape index (κ3) is 1.48. The molecule has 3 heteroatoms. The highest BCUT2D eigenvalue weighted by atomic mass is 16.5. The molecule has 0 spiro atoms. The quantitative estimate of drug-likeness (QED) is 0.565. The maximum absolute atomic E-state index is 9.25. The van der Waals surface area contributed by atoms with E-state index in [9.17, 15) is 5.11 Å². The van der Waals surface area contributed by atoms with Crippen LogP contribution in [0.1, 0.15) is 13.3 Å². The summed E-state index contributed by atoms with van der Waals surface area (Å²) in [4.78, 5) is 0. The van der Waals surface area contributed by atoms with Crippen LogP contribution in [0.15, 0.2) is 0 Å². The van der Waals surface area contributed by atoms with E-state index in [0.717, 1.165) is 0 Å². The molecule has 1 rings (SSSR count). The Kier molecular flexibility index (Phi) is 2.65. The molecule has 60 valence electrons. The van der Waals surface area contributed by atoms with Crippen LogP contribution in [0.2, 0.25) is 0 Å². The first-order valence-electron chi connectivity index (χ1n) is 3.66. The molecule has 10 heavy (non-hydrogen) atoms. The van der Waals surface area contributed by atoms with E-state index >= 15 is 0 Å². The van der Waals surface area contributed by atoms with Crippen LogP contribution in [0.25, 0.3) is 0 Å². The van der Waals surface area contributed by atoms with Crippen LogP contribution in [0.4, 0.5) is 0 Å². The van der Waals surface area contributed by atoms with Crippen molar-refractivity contribution in [3.63, 3.8) is 0 Å². The number of aliphatic hydroxyl groups excluding tert-OH is 2. The smallest absolute Gasteiger partial charge is 0.0827 e. The number of rotatable bonds is 2. The Morgan fingerprint density at radius 1 is 1.60 bits per heavy atom. The molecule has 2 N–H and O–H groups in total. The summed E-state index contributed by atoms with van der Waals surface area (Å²) in [5.41, 5.74) is 0. The molecule has 0 saturated carbocycles. The maximum atomic E-state index is 9.25. The van der Waals surface area contributed by atoms with Crippen LogP contribution in [-0.4, -0.2) is 35.6 Å². The SMILES string of the molecule is CC1OC[C@H](O)[C@H]1CCO. The first-order valence-corrected chi connectivity index (χ1v) is 3.66. The van der Waals surface area contributed by atoms with Crippen molar-refractivity contribution in [1.29, 1.82) is 0 Å². The third-order valence-electron chi connectivity index (χ3n) is 2.09. The van der Waals surface area contributed by atoms with E-state index in [1.165, 1.54) is 0 Å². The molecule has 0 amide bonds. The zero-order valence-corrected chi connectivity index (χ0v) is 6.16. The number of hydrogen-bond acceptors (Lipinski definition) is 3. The Labute approximate surface area is 60.6 Å². The molecule has 1 saturated heterocycles. The van der Waals surface area contributed by atoms with Crippen molar-refractivity contribution in [2.24, 2.45) is 5.92 Å². The standard InChI is InChI=1S/C7H14O3/c1-5-6(2-3-8)7(9)4-10-5/h5-9H,2-4H2,1H3/t5?,6-,7-/m0/s1. The summed E-state index contributed by atoms with van der Waals surface area (Å²) >= 11 is 0. The Hall–Kier alpha value is -0.120. The summed E-state index contributed by atoms with van der Waals surface area (Å²) < 4.78 is 5.17. The molecule has 0 aromatic rings. The second kappa shape index (κ2) is 3.32. The summed E-state index contributed by atoms with van der Waals surface area (Å²) in [6.45, 7) is 2.48. The van der Waals surface area contributed by atoms with Crippen molar-refractivity contribution < 1.29 is 14.9 Å². The van der Waals surface area contributed by atoms with Crippen molar-refractivity contribution in [2.45, 2.75) is 25.6 Å². The van der Waals surface area contributed by atoms with Gasteiger partial charge in [-0.15, -0.1) is 0 Å². The Bertz CT molecular complexity index is 95.0. The zero-order valence-electron chi connectivity index (χ0n) is 6.16. The lowest BCUT2D eigenvalue weighted by molar-refractivity contribution is 0.0952. The van der Waals surface area contributed by atoms with E-state index in [0.29, 0.717) is 13.0 Å². The van der Waals surface area contributed by atoms with Gasteiger partial charge in [0.2, 0.25) is 0 Å². The lowest BCUT2D eigenvalue weighted by Gasteiger charge is -2.14. The highest BCUT2D eigenvalue weighted by molar-refractivity contribution is 4.80. The molecule has 1 fully saturated rings. The van der Waals surface area contributed by atoms with Gasteiger partial charge in [-0.05, 0) is 13.3 Å². The monoisotopic (exact) mass is 146 g/mol. The summed E-state index contributed by atoms with van der Waals surface area (Å²) in [5, 5.41) is 17.8. The molecule has 0 radical (unpaired) electrons. The summed E-state index contributed by atoms with van der Waals surface area (Å²) in [7, 11) is 0. The topological polar surface area (TPSA) is 49.7 Å². The molecule has 0 aromatic heterocycles. The molecule has 1 heterocycles. The van der Waals surface area contributed by atoms with E-state index in [-0.39, 0.29) is 24.7 Å². The summed E-state index contributed by atoms with van der Waals surface area (Å²) in [5.74, 6) is 0.130. The minimum absolute atomic E-state index is 0.0992. The molecule has 3 nitrogen and oxygen atoms in total. The first kappa shape index (κ1) is 7.98. The molecule has 3 atom stereocenters. The fourth-order valence-electron chi connectivity index (χ4n) is 1.39. The predicted octanol–water partition coefficient (Wildman–Crippen LogP) is -0.235. The van der Waals surface area contributed by atoms with Gasteiger partial charge in [0.1, 0.15) is 0 Å². The molecule has 0 aromatic carbocycles. The van der Waals surface area contributed by atoms with Gasteiger partial charge in [0.15, 0.2) is 0 Å². The van der Waals surface area contributed by atoms with Gasteiger partial charge in [0.05, 0.1) is 18.8 Å². The third-order valence-corrected chi connectivity index (χ3v) is 2.09. The summed E-state index contributed by atoms with van der Waals surface area (Å²) in [6.07, 6.45) is 0.367. The van der Waals surface area contributed by atoms with Crippen LogP contribution in [0, 0.1) is 5.92 Å². The number of ether oxygens (including phenoxy) is 1. The van der Waals surface area contributed by atoms with Gasteiger partial charge >= 0.3 is 0 Å². The summed E-state index contributed by atoms with van der Waals surface area (Å²) in [6, 6.07) is 0. The van der Waals surface area contributed by atoms with Crippen molar-refractivity contribution in [3.05, 3.63) is 0 Å². The van der Waals surface area contributed by atoms with E-state index < -0.39 is 0 Å². The van der Waals surface area contributed by atoms with Gasteiger partial charge in [0.25, 0.3) is 0 Å². The minimum Gasteiger partial charge on any atom is -0.396 e. The normalized spacial score (nSPS) is 40.5. The predicted molar refractivity (Wildman–Crippen MR) is 36.6 cm³/mol. The largest absolute Gasteiger partial charge is 0.396 e. The minimum atomic E-state index is -0.373. The number of aliphatic hydroxyl groups is 2.